The number of carbonyl (C=O) groups is 2. The van der Waals surface area contributed by atoms with E-state index in [9.17, 15) is 9.59 Å². The normalized spacial score (nSPS) is 18.0. The maximum Gasteiger partial charge on any atom is 0.317 e. The number of nitrogens with zero attached hydrogens (tertiary/aromatic N) is 1. The number of rotatable bonds is 5. The Morgan fingerprint density at radius 2 is 2.18 bits per heavy atom. The van der Waals surface area contributed by atoms with Crippen molar-refractivity contribution < 1.29 is 19.4 Å². The van der Waals surface area contributed by atoms with Crippen LogP contribution in [0.3, 0.4) is 0 Å². The predicted octanol–water partition coefficient (Wildman–Crippen LogP) is 2.29. The van der Waals surface area contributed by atoms with Crippen LogP contribution in [0, 0.1) is 0 Å². The van der Waals surface area contributed by atoms with Gasteiger partial charge >= 0.3 is 12.0 Å². The predicted molar refractivity (Wildman–Crippen MR) is 82.0 cm³/mol. The first-order chi connectivity index (χ1) is 10.6. The number of benzene rings is 1. The fraction of sp³-hybridized carbons (Fsp3) is 0.467. The number of urea groups is 1. The van der Waals surface area contributed by atoms with Crippen molar-refractivity contribution in [2.45, 2.75) is 18.9 Å². The number of morpholine rings is 1. The van der Waals surface area contributed by atoms with Gasteiger partial charge in [0.25, 0.3) is 0 Å². The van der Waals surface area contributed by atoms with Crippen LogP contribution < -0.4 is 5.32 Å². The van der Waals surface area contributed by atoms with Crippen LogP contribution in [0.5, 0.6) is 0 Å². The molecule has 1 saturated heterocycles. The lowest BCUT2D eigenvalue weighted by Gasteiger charge is -2.33. The minimum absolute atomic E-state index is 0.0473. The molecule has 6 nitrogen and oxygen atoms in total. The maximum atomic E-state index is 12.1. The Bertz CT molecular complexity index is 538. The van der Waals surface area contributed by atoms with Gasteiger partial charge in [-0.3, -0.25) is 4.79 Å². The van der Waals surface area contributed by atoms with E-state index in [2.05, 4.69) is 5.32 Å². The second kappa shape index (κ2) is 8.00. The summed E-state index contributed by atoms with van der Waals surface area (Å²) in [7, 11) is 0. The average molecular weight is 327 g/mol. The van der Waals surface area contributed by atoms with Gasteiger partial charge in [-0.25, -0.2) is 4.79 Å². The summed E-state index contributed by atoms with van der Waals surface area (Å²) >= 11 is 6.16. The largest absolute Gasteiger partial charge is 0.481 e. The third-order valence-electron chi connectivity index (χ3n) is 3.45. The quantitative estimate of drug-likeness (QED) is 0.814. The Hall–Kier alpha value is -1.79. The molecule has 1 aromatic carbocycles. The van der Waals surface area contributed by atoms with Crippen LogP contribution in [0.15, 0.2) is 24.3 Å². The third kappa shape index (κ3) is 4.61. The molecule has 1 aliphatic rings. The summed E-state index contributed by atoms with van der Waals surface area (Å²) in [6.45, 7) is 1.72. The van der Waals surface area contributed by atoms with Crippen LogP contribution in [0.2, 0.25) is 5.02 Å². The van der Waals surface area contributed by atoms with Crippen LogP contribution in [0.4, 0.5) is 4.79 Å². The molecule has 2 rings (SSSR count). The van der Waals surface area contributed by atoms with Gasteiger partial charge in [0, 0.05) is 30.1 Å². The van der Waals surface area contributed by atoms with Gasteiger partial charge in [0.1, 0.15) is 6.10 Å². The molecule has 1 heterocycles. The molecule has 7 heteroatoms. The van der Waals surface area contributed by atoms with Crippen LogP contribution >= 0.6 is 11.6 Å². The molecule has 22 heavy (non-hydrogen) atoms. The second-order valence-electron chi connectivity index (χ2n) is 5.06. The number of halogens is 1. The van der Waals surface area contributed by atoms with E-state index >= 15 is 0 Å². The lowest BCUT2D eigenvalue weighted by molar-refractivity contribution is -0.137. The monoisotopic (exact) mass is 326 g/mol. The van der Waals surface area contributed by atoms with Crippen molar-refractivity contribution >= 4 is 23.6 Å². The van der Waals surface area contributed by atoms with Crippen molar-refractivity contribution in [2.24, 2.45) is 0 Å². The molecular formula is C15H19ClN2O4. The minimum Gasteiger partial charge on any atom is -0.481 e. The number of amides is 2. The SMILES string of the molecule is O=C(O)CCCNC(=O)N1CCOC(c2ccccc2Cl)C1. The highest BCUT2D eigenvalue weighted by atomic mass is 35.5. The van der Waals surface area contributed by atoms with Crippen molar-refractivity contribution in [3.05, 3.63) is 34.9 Å². The Morgan fingerprint density at radius 3 is 2.91 bits per heavy atom. The van der Waals surface area contributed by atoms with E-state index in [1.54, 1.807) is 11.0 Å². The number of carboxylic acid groups (broad SMARTS) is 1. The van der Waals surface area contributed by atoms with Crippen LogP contribution in [0.25, 0.3) is 0 Å². The molecule has 2 N–H and O–H groups in total. The van der Waals surface area contributed by atoms with E-state index in [0.29, 0.717) is 37.7 Å². The first-order valence-corrected chi connectivity index (χ1v) is 7.56. The number of hydrogen-bond donors (Lipinski definition) is 2. The Balaban J connectivity index is 1.86. The van der Waals surface area contributed by atoms with Gasteiger partial charge in [-0.2, -0.15) is 0 Å². The topological polar surface area (TPSA) is 78.9 Å². The van der Waals surface area contributed by atoms with E-state index in [-0.39, 0.29) is 18.6 Å². The molecule has 0 spiro atoms. The molecule has 2 amide bonds. The second-order valence-corrected chi connectivity index (χ2v) is 5.46. The summed E-state index contributed by atoms with van der Waals surface area (Å²) in [5, 5.41) is 11.9. The lowest BCUT2D eigenvalue weighted by Crippen LogP contribution is -2.47. The van der Waals surface area contributed by atoms with Gasteiger partial charge in [-0.1, -0.05) is 29.8 Å². The van der Waals surface area contributed by atoms with E-state index in [0.717, 1.165) is 5.56 Å². The Kier molecular flexibility index (Phi) is 6.03. The zero-order valence-corrected chi connectivity index (χ0v) is 12.9. The van der Waals surface area contributed by atoms with E-state index in [4.69, 9.17) is 21.4 Å². The van der Waals surface area contributed by atoms with Gasteiger partial charge in [-0.05, 0) is 12.5 Å². The Labute approximate surface area is 134 Å². The molecule has 1 aromatic rings. The van der Waals surface area contributed by atoms with Crippen molar-refractivity contribution in [2.75, 3.05) is 26.2 Å². The molecular weight excluding hydrogens is 308 g/mol. The zero-order chi connectivity index (χ0) is 15.9. The zero-order valence-electron chi connectivity index (χ0n) is 12.1. The molecule has 1 atom stereocenters. The number of nitrogens with one attached hydrogen (secondary N) is 1. The van der Waals surface area contributed by atoms with Gasteiger partial charge < -0.3 is 20.1 Å². The van der Waals surface area contributed by atoms with E-state index < -0.39 is 5.97 Å². The highest BCUT2D eigenvalue weighted by Gasteiger charge is 2.26. The van der Waals surface area contributed by atoms with Crippen molar-refractivity contribution in [3.8, 4) is 0 Å². The number of carboxylic acids is 1. The standard InChI is InChI=1S/C15H19ClN2O4/c16-12-5-2-1-4-11(12)13-10-18(8-9-22-13)15(21)17-7-3-6-14(19)20/h1-2,4-5,13H,3,6-10H2,(H,17,21)(H,19,20). The highest BCUT2D eigenvalue weighted by molar-refractivity contribution is 6.31. The molecule has 1 aliphatic heterocycles. The Morgan fingerprint density at radius 1 is 1.41 bits per heavy atom. The number of hydrogen-bond acceptors (Lipinski definition) is 3. The fourth-order valence-corrected chi connectivity index (χ4v) is 2.56. The van der Waals surface area contributed by atoms with Crippen LogP contribution in [0.1, 0.15) is 24.5 Å². The molecule has 0 aromatic heterocycles. The van der Waals surface area contributed by atoms with Crippen molar-refractivity contribution in [1.29, 1.82) is 0 Å². The molecule has 0 radical (unpaired) electrons. The smallest absolute Gasteiger partial charge is 0.317 e. The number of carbonyl (C=O) groups excluding carboxylic acids is 1. The molecule has 1 fully saturated rings. The summed E-state index contributed by atoms with van der Waals surface area (Å²) in [6.07, 6.45) is 0.220. The van der Waals surface area contributed by atoms with Crippen LogP contribution in [-0.2, 0) is 9.53 Å². The van der Waals surface area contributed by atoms with Gasteiger partial charge in [0.15, 0.2) is 0 Å². The summed E-state index contributed by atoms with van der Waals surface area (Å²) < 4.78 is 5.70. The van der Waals surface area contributed by atoms with Gasteiger partial charge in [0.2, 0.25) is 0 Å². The van der Waals surface area contributed by atoms with Crippen molar-refractivity contribution in [3.63, 3.8) is 0 Å². The van der Waals surface area contributed by atoms with E-state index in [1.165, 1.54) is 0 Å². The average Bonchev–Trinajstić information content (AvgIpc) is 2.52. The highest BCUT2D eigenvalue weighted by Crippen LogP contribution is 2.28. The van der Waals surface area contributed by atoms with Crippen LogP contribution in [-0.4, -0.2) is 48.2 Å². The third-order valence-corrected chi connectivity index (χ3v) is 3.79. The fourth-order valence-electron chi connectivity index (χ4n) is 2.30. The minimum atomic E-state index is -0.862. The first-order valence-electron chi connectivity index (χ1n) is 7.18. The number of ether oxygens (including phenoxy) is 1. The number of aliphatic carboxylic acids is 1. The molecule has 0 saturated carbocycles. The summed E-state index contributed by atoms with van der Waals surface area (Å²) in [6, 6.07) is 7.22. The summed E-state index contributed by atoms with van der Waals surface area (Å²) in [5.74, 6) is -0.862. The first kappa shape index (κ1) is 16.6. The molecule has 120 valence electrons. The lowest BCUT2D eigenvalue weighted by atomic mass is 10.1. The summed E-state index contributed by atoms with van der Waals surface area (Å²) in [5.41, 5.74) is 0.868. The van der Waals surface area contributed by atoms with Gasteiger partial charge in [0.05, 0.1) is 13.2 Å². The van der Waals surface area contributed by atoms with Crippen molar-refractivity contribution in [1.82, 2.24) is 10.2 Å². The maximum absolute atomic E-state index is 12.1. The molecule has 1 unspecified atom stereocenters. The molecule has 0 bridgehead atoms. The molecule has 0 aliphatic carbocycles. The van der Waals surface area contributed by atoms with Gasteiger partial charge in [-0.15, -0.1) is 0 Å². The summed E-state index contributed by atoms with van der Waals surface area (Å²) in [4.78, 5) is 24.2. The van der Waals surface area contributed by atoms with E-state index in [1.807, 2.05) is 18.2 Å².